The molecule has 102 valence electrons. The van der Waals surface area contributed by atoms with Gasteiger partial charge in [0.25, 0.3) is 5.89 Å². The SMILES string of the molecule is NC(CO)c1noc(-c2ccc(C(F)(F)F)cn2)n1. The molecule has 19 heavy (non-hydrogen) atoms. The lowest BCUT2D eigenvalue weighted by Crippen LogP contribution is -2.15. The molecule has 2 aromatic heterocycles. The van der Waals surface area contributed by atoms with Crippen molar-refractivity contribution < 1.29 is 22.8 Å². The average Bonchev–Trinajstić information content (AvgIpc) is 2.86. The van der Waals surface area contributed by atoms with Gasteiger partial charge in [0.05, 0.1) is 18.2 Å². The highest BCUT2D eigenvalue weighted by Gasteiger charge is 2.31. The number of halogens is 3. The van der Waals surface area contributed by atoms with E-state index in [1.54, 1.807) is 0 Å². The summed E-state index contributed by atoms with van der Waals surface area (Å²) in [5.41, 5.74) is 4.68. The van der Waals surface area contributed by atoms with E-state index < -0.39 is 17.8 Å². The predicted molar refractivity (Wildman–Crippen MR) is 56.5 cm³/mol. The van der Waals surface area contributed by atoms with Gasteiger partial charge >= 0.3 is 6.18 Å². The summed E-state index contributed by atoms with van der Waals surface area (Å²) >= 11 is 0. The number of nitrogens with zero attached hydrogens (tertiary/aromatic N) is 3. The minimum Gasteiger partial charge on any atom is -0.394 e. The lowest BCUT2D eigenvalue weighted by molar-refractivity contribution is -0.137. The van der Waals surface area contributed by atoms with E-state index in [9.17, 15) is 13.2 Å². The Morgan fingerprint density at radius 3 is 2.63 bits per heavy atom. The number of aromatic nitrogens is 3. The van der Waals surface area contributed by atoms with E-state index in [4.69, 9.17) is 15.4 Å². The molecule has 0 aliphatic carbocycles. The number of pyridine rings is 1. The minimum atomic E-state index is -4.45. The van der Waals surface area contributed by atoms with Gasteiger partial charge < -0.3 is 15.4 Å². The number of hydrogen-bond donors (Lipinski definition) is 2. The summed E-state index contributed by atoms with van der Waals surface area (Å²) in [6, 6.07) is 1.16. The van der Waals surface area contributed by atoms with Gasteiger partial charge in [-0.2, -0.15) is 18.2 Å². The summed E-state index contributed by atoms with van der Waals surface area (Å²) in [5.74, 6) is -0.00757. The fraction of sp³-hybridized carbons (Fsp3) is 0.300. The van der Waals surface area contributed by atoms with Crippen LogP contribution in [-0.4, -0.2) is 26.8 Å². The van der Waals surface area contributed by atoms with Crippen LogP contribution >= 0.6 is 0 Å². The Kier molecular flexibility index (Phi) is 3.49. The Morgan fingerprint density at radius 1 is 1.37 bits per heavy atom. The fourth-order valence-corrected chi connectivity index (χ4v) is 1.26. The molecule has 2 heterocycles. The zero-order chi connectivity index (χ0) is 14.0. The van der Waals surface area contributed by atoms with Crippen LogP contribution in [0.4, 0.5) is 13.2 Å². The monoisotopic (exact) mass is 274 g/mol. The van der Waals surface area contributed by atoms with E-state index in [-0.39, 0.29) is 24.0 Å². The maximum Gasteiger partial charge on any atom is 0.417 e. The van der Waals surface area contributed by atoms with E-state index in [2.05, 4.69) is 15.1 Å². The van der Waals surface area contributed by atoms with Crippen LogP contribution in [0.3, 0.4) is 0 Å². The summed E-state index contributed by atoms with van der Waals surface area (Å²) in [4.78, 5) is 7.43. The number of alkyl halides is 3. The Hall–Kier alpha value is -2.00. The van der Waals surface area contributed by atoms with Crippen LogP contribution in [0.2, 0.25) is 0 Å². The van der Waals surface area contributed by atoms with Gasteiger partial charge in [-0.15, -0.1) is 0 Å². The normalized spacial score (nSPS) is 13.5. The first-order valence-corrected chi connectivity index (χ1v) is 5.15. The molecule has 0 radical (unpaired) electrons. The van der Waals surface area contributed by atoms with Crippen molar-refractivity contribution in [2.24, 2.45) is 5.73 Å². The molecule has 0 spiro atoms. The first kappa shape index (κ1) is 13.4. The molecular weight excluding hydrogens is 265 g/mol. The molecule has 0 fully saturated rings. The molecular formula is C10H9F3N4O2. The molecule has 0 aliphatic rings. The van der Waals surface area contributed by atoms with Gasteiger partial charge in [0.2, 0.25) is 0 Å². The predicted octanol–water partition coefficient (Wildman–Crippen LogP) is 1.14. The Labute approximate surface area is 105 Å². The van der Waals surface area contributed by atoms with Gasteiger partial charge in [-0.25, -0.2) is 0 Å². The molecule has 1 unspecified atom stereocenters. The highest BCUT2D eigenvalue weighted by atomic mass is 19.4. The number of rotatable bonds is 3. The lowest BCUT2D eigenvalue weighted by Gasteiger charge is -2.05. The van der Waals surface area contributed by atoms with E-state index in [1.807, 2.05) is 0 Å². The van der Waals surface area contributed by atoms with Crippen molar-refractivity contribution in [2.75, 3.05) is 6.61 Å². The van der Waals surface area contributed by atoms with E-state index in [0.29, 0.717) is 6.20 Å². The zero-order valence-electron chi connectivity index (χ0n) is 9.42. The summed E-state index contributed by atoms with van der Waals surface area (Å²) in [6.07, 6.45) is -3.78. The number of aliphatic hydroxyl groups excluding tert-OH is 1. The standard InChI is InChI=1S/C10H9F3N4O2/c11-10(12,13)5-1-2-7(15-3-5)9-16-8(17-19-9)6(14)4-18/h1-3,6,18H,4,14H2. The zero-order valence-corrected chi connectivity index (χ0v) is 9.42. The number of aliphatic hydroxyl groups is 1. The third kappa shape index (κ3) is 2.88. The van der Waals surface area contributed by atoms with Gasteiger partial charge in [0, 0.05) is 6.20 Å². The Bertz CT molecular complexity index is 553. The van der Waals surface area contributed by atoms with E-state index in [0.717, 1.165) is 12.1 Å². The molecule has 0 aromatic carbocycles. The molecule has 3 N–H and O–H groups in total. The van der Waals surface area contributed by atoms with Gasteiger partial charge in [-0.05, 0) is 12.1 Å². The van der Waals surface area contributed by atoms with Crippen LogP contribution in [0, 0.1) is 0 Å². The fourth-order valence-electron chi connectivity index (χ4n) is 1.26. The van der Waals surface area contributed by atoms with Crippen LogP contribution in [-0.2, 0) is 6.18 Å². The highest BCUT2D eigenvalue weighted by molar-refractivity contribution is 5.46. The van der Waals surface area contributed by atoms with Crippen molar-refractivity contribution >= 4 is 0 Å². The molecule has 0 amide bonds. The van der Waals surface area contributed by atoms with Gasteiger partial charge in [-0.1, -0.05) is 5.16 Å². The van der Waals surface area contributed by atoms with Crippen molar-refractivity contribution in [3.05, 3.63) is 29.7 Å². The highest BCUT2D eigenvalue weighted by Crippen LogP contribution is 2.29. The third-order valence-electron chi connectivity index (χ3n) is 2.28. The molecule has 6 nitrogen and oxygen atoms in total. The van der Waals surface area contributed by atoms with Crippen LogP contribution in [0.15, 0.2) is 22.9 Å². The van der Waals surface area contributed by atoms with Crippen molar-refractivity contribution in [1.29, 1.82) is 0 Å². The molecule has 0 saturated heterocycles. The molecule has 0 saturated carbocycles. The lowest BCUT2D eigenvalue weighted by atomic mass is 10.2. The summed E-state index contributed by atoms with van der Waals surface area (Å²) in [7, 11) is 0. The van der Waals surface area contributed by atoms with Crippen molar-refractivity contribution in [3.8, 4) is 11.6 Å². The van der Waals surface area contributed by atoms with Gasteiger partial charge in [0.1, 0.15) is 5.69 Å². The molecule has 1 atom stereocenters. The van der Waals surface area contributed by atoms with Crippen molar-refractivity contribution in [3.63, 3.8) is 0 Å². The average molecular weight is 274 g/mol. The number of hydrogen-bond acceptors (Lipinski definition) is 6. The van der Waals surface area contributed by atoms with Crippen LogP contribution < -0.4 is 5.73 Å². The van der Waals surface area contributed by atoms with E-state index in [1.165, 1.54) is 0 Å². The molecule has 0 aliphatic heterocycles. The largest absolute Gasteiger partial charge is 0.417 e. The maximum absolute atomic E-state index is 12.3. The maximum atomic E-state index is 12.3. The summed E-state index contributed by atoms with van der Waals surface area (Å²) in [5, 5.41) is 12.3. The number of nitrogens with two attached hydrogens (primary N) is 1. The Morgan fingerprint density at radius 2 is 2.11 bits per heavy atom. The van der Waals surface area contributed by atoms with Gasteiger partial charge in [-0.3, -0.25) is 4.98 Å². The minimum absolute atomic E-state index is 0.0548. The molecule has 2 aromatic rings. The van der Waals surface area contributed by atoms with E-state index >= 15 is 0 Å². The second-order valence-corrected chi connectivity index (χ2v) is 3.68. The second-order valence-electron chi connectivity index (χ2n) is 3.68. The second kappa shape index (κ2) is 4.94. The molecule has 2 rings (SSSR count). The summed E-state index contributed by atoms with van der Waals surface area (Å²) < 4.78 is 41.8. The quantitative estimate of drug-likeness (QED) is 0.871. The first-order chi connectivity index (χ1) is 8.91. The van der Waals surface area contributed by atoms with Crippen molar-refractivity contribution in [2.45, 2.75) is 12.2 Å². The molecule has 9 heteroatoms. The van der Waals surface area contributed by atoms with Crippen LogP contribution in [0.1, 0.15) is 17.4 Å². The smallest absolute Gasteiger partial charge is 0.394 e. The Balaban J connectivity index is 2.25. The first-order valence-electron chi connectivity index (χ1n) is 5.15. The van der Waals surface area contributed by atoms with Gasteiger partial charge in [0.15, 0.2) is 5.82 Å². The van der Waals surface area contributed by atoms with Crippen LogP contribution in [0.25, 0.3) is 11.6 Å². The topological polar surface area (TPSA) is 98.1 Å². The summed E-state index contributed by atoms with van der Waals surface area (Å²) in [6.45, 7) is -0.376. The third-order valence-corrected chi connectivity index (χ3v) is 2.28. The van der Waals surface area contributed by atoms with Crippen molar-refractivity contribution in [1.82, 2.24) is 15.1 Å². The molecule has 0 bridgehead atoms. The van der Waals surface area contributed by atoms with Crippen LogP contribution in [0.5, 0.6) is 0 Å².